The molecule has 2 aliphatic rings. The normalized spacial score (nSPS) is 25.7. The molecule has 0 saturated carbocycles. The van der Waals surface area contributed by atoms with E-state index in [1.165, 1.54) is 0 Å². The highest BCUT2D eigenvalue weighted by Gasteiger charge is 2.48. The number of aliphatic hydroxyl groups excluding tert-OH is 2. The Morgan fingerprint density at radius 2 is 0.810 bits per heavy atom. The molecule has 6 atom stereocenters. The maximum absolute atomic E-state index is 12.2. The van der Waals surface area contributed by atoms with Crippen LogP contribution in [0.3, 0.4) is 0 Å². The van der Waals surface area contributed by atoms with Gasteiger partial charge in [0.1, 0.15) is 11.2 Å². The highest BCUT2D eigenvalue weighted by atomic mass is 16.6. The van der Waals surface area contributed by atoms with E-state index in [9.17, 15) is 19.8 Å². The summed E-state index contributed by atoms with van der Waals surface area (Å²) in [6, 6.07) is 0.00435. The lowest BCUT2D eigenvalue weighted by Crippen LogP contribution is -2.47. The van der Waals surface area contributed by atoms with Gasteiger partial charge in [0.05, 0.1) is 25.3 Å². The fourth-order valence-corrected chi connectivity index (χ4v) is 5.48. The quantitative estimate of drug-likeness (QED) is 0.411. The van der Waals surface area contributed by atoms with Crippen molar-refractivity contribution in [2.45, 2.75) is 132 Å². The van der Waals surface area contributed by atoms with Gasteiger partial charge in [-0.25, -0.2) is 9.59 Å². The minimum absolute atomic E-state index is 0.00218. The molecule has 0 aliphatic carbocycles. The Bertz CT molecular complexity index is 852. The first-order valence-corrected chi connectivity index (χ1v) is 14.0. The van der Waals surface area contributed by atoms with Gasteiger partial charge in [0.25, 0.3) is 0 Å². The van der Waals surface area contributed by atoms with E-state index >= 15 is 0 Å². The summed E-state index contributed by atoms with van der Waals surface area (Å²) in [6.45, 7) is 28.3. The van der Waals surface area contributed by atoms with Gasteiger partial charge >= 0.3 is 24.5 Å². The monoisotopic (exact) mass is 602 g/mol. The zero-order valence-electron chi connectivity index (χ0n) is 27.9. The molecule has 0 spiro atoms. The third-order valence-electron chi connectivity index (χ3n) is 6.68. The van der Waals surface area contributed by atoms with Gasteiger partial charge in [-0.15, -0.1) is 0 Å². The fraction of sp³-hybridized carbons (Fsp3) is 0.867. The molecule has 2 saturated heterocycles. The number of rotatable bonds is 0. The summed E-state index contributed by atoms with van der Waals surface area (Å²) >= 11 is 0. The maximum Gasteiger partial charge on any atom is 0.410 e. The second kappa shape index (κ2) is 16.2. The summed E-state index contributed by atoms with van der Waals surface area (Å²) in [5, 5.41) is 20.0. The minimum Gasteiger partial charge on any atom is -0.444 e. The summed E-state index contributed by atoms with van der Waals surface area (Å²) in [4.78, 5) is 60.3. The van der Waals surface area contributed by atoms with Gasteiger partial charge in [0, 0.05) is 23.9 Å². The molecule has 0 radical (unpaired) electrons. The second-order valence-electron chi connectivity index (χ2n) is 14.9. The van der Waals surface area contributed by atoms with Gasteiger partial charge in [-0.05, 0) is 52.4 Å². The molecule has 0 aromatic heterocycles. The Labute approximate surface area is 251 Å². The van der Waals surface area contributed by atoms with E-state index in [0.29, 0.717) is 13.1 Å². The lowest BCUT2D eigenvalue weighted by molar-refractivity contribution is -0.193. The van der Waals surface area contributed by atoms with Crippen LogP contribution < -0.4 is 0 Å². The number of nitrogens with zero attached hydrogens (tertiary/aromatic N) is 2. The molecule has 2 N–H and O–H groups in total. The van der Waals surface area contributed by atoms with E-state index in [1.807, 2.05) is 55.4 Å². The molecule has 2 heterocycles. The van der Waals surface area contributed by atoms with Crippen molar-refractivity contribution in [2.75, 3.05) is 13.1 Å². The van der Waals surface area contributed by atoms with E-state index in [-0.39, 0.29) is 59.2 Å². The van der Waals surface area contributed by atoms with Crippen LogP contribution >= 0.6 is 0 Å². The Hall–Kier alpha value is -2.78. The van der Waals surface area contributed by atoms with E-state index in [1.54, 1.807) is 9.80 Å². The number of carbonyl (C=O) groups excluding carboxylic acids is 6. The summed E-state index contributed by atoms with van der Waals surface area (Å²) in [6.07, 6.45) is -1.10. The molecule has 2 aliphatic heterocycles. The zero-order chi connectivity index (χ0) is 34.0. The third-order valence-corrected chi connectivity index (χ3v) is 6.68. The lowest BCUT2D eigenvalue weighted by Gasteiger charge is -2.37. The second-order valence-corrected chi connectivity index (χ2v) is 14.9. The summed E-state index contributed by atoms with van der Waals surface area (Å²) in [5.41, 5.74) is -1.16. The molecule has 2 fully saturated rings. The smallest absolute Gasteiger partial charge is 0.410 e. The van der Waals surface area contributed by atoms with Crippen LogP contribution in [0.25, 0.3) is 0 Å². The Morgan fingerprint density at radius 1 is 0.595 bits per heavy atom. The number of β-amino-alcohol motifs (C(OH)–C–C–N with tert-alkyl or cyclic N) is 2. The average molecular weight is 603 g/mol. The van der Waals surface area contributed by atoms with Crippen molar-refractivity contribution < 1.29 is 48.5 Å². The molecule has 12 nitrogen and oxygen atoms in total. The van der Waals surface area contributed by atoms with Gasteiger partial charge in [-0.1, -0.05) is 55.4 Å². The molecule has 2 amide bonds. The van der Waals surface area contributed by atoms with Gasteiger partial charge in [-0.2, -0.15) is 19.2 Å². The first-order valence-electron chi connectivity index (χ1n) is 14.0. The summed E-state index contributed by atoms with van der Waals surface area (Å²) in [5.74, 6) is 0.134. The molecule has 0 unspecified atom stereocenters. The van der Waals surface area contributed by atoms with Crippen molar-refractivity contribution in [3.05, 3.63) is 0 Å². The molecule has 244 valence electrons. The maximum atomic E-state index is 12.2. The Morgan fingerprint density at radius 3 is 0.976 bits per heavy atom. The third kappa shape index (κ3) is 13.9. The van der Waals surface area contributed by atoms with Crippen molar-refractivity contribution in [2.24, 2.45) is 22.7 Å². The lowest BCUT2D eigenvalue weighted by atomic mass is 9.79. The molecule has 0 bridgehead atoms. The van der Waals surface area contributed by atoms with Crippen LogP contribution in [-0.2, 0) is 28.7 Å². The SMILES string of the molecule is C[C@@H]1[C@@H](O)CN(C(=O)OC(C)(C)C)[C@H]1C(C)(C)C.C[C@@H]1[C@H](O)CN(C(=O)OC(C)(C)C)[C@H]1C(C)(C)C.O=C=O.O=C=O. The van der Waals surface area contributed by atoms with Crippen molar-refractivity contribution in [1.29, 1.82) is 0 Å². The van der Waals surface area contributed by atoms with Crippen molar-refractivity contribution >= 4 is 24.5 Å². The van der Waals surface area contributed by atoms with Crippen LogP contribution in [0.1, 0.15) is 96.9 Å². The number of likely N-dealkylation sites (tertiary alicyclic amines) is 2. The number of ether oxygens (including phenoxy) is 2. The Kier molecular flexibility index (Phi) is 15.9. The van der Waals surface area contributed by atoms with Crippen molar-refractivity contribution in [3.63, 3.8) is 0 Å². The number of amides is 2. The molecule has 12 heteroatoms. The van der Waals surface area contributed by atoms with E-state index in [0.717, 1.165) is 0 Å². The van der Waals surface area contributed by atoms with Crippen molar-refractivity contribution in [1.82, 2.24) is 9.80 Å². The van der Waals surface area contributed by atoms with E-state index in [2.05, 4.69) is 41.5 Å². The topological polar surface area (TPSA) is 168 Å². The number of hydrogen-bond donors (Lipinski definition) is 2. The molecule has 0 aromatic rings. The van der Waals surface area contributed by atoms with E-state index in [4.69, 9.17) is 28.7 Å². The molecular weight excluding hydrogens is 548 g/mol. The fourth-order valence-electron chi connectivity index (χ4n) is 5.48. The summed E-state index contributed by atoms with van der Waals surface area (Å²) in [7, 11) is 0. The van der Waals surface area contributed by atoms with Crippen molar-refractivity contribution in [3.8, 4) is 0 Å². The van der Waals surface area contributed by atoms with Crippen LogP contribution in [0.15, 0.2) is 0 Å². The molecular formula is C30H54N2O10. The zero-order valence-corrected chi connectivity index (χ0v) is 27.9. The van der Waals surface area contributed by atoms with Crippen LogP contribution in [0.2, 0.25) is 0 Å². The minimum atomic E-state index is -0.504. The standard InChI is InChI=1S/2C14H27NO3.2CO2/c2*1-9-10(16)8-15(11(9)13(2,3)4)12(17)18-14(5,6)7;2*2-1-3/h2*9-11,16H,8H2,1-7H3;;/t9-,10+,11-;9-,10-,11-;;/m11../s1. The molecule has 0 aromatic carbocycles. The van der Waals surface area contributed by atoms with Crippen LogP contribution in [-0.4, -0.2) is 93.1 Å². The highest BCUT2D eigenvalue weighted by Crippen LogP contribution is 2.38. The molecule has 42 heavy (non-hydrogen) atoms. The average Bonchev–Trinajstić information content (AvgIpc) is 3.23. The number of aliphatic hydroxyl groups is 2. The van der Waals surface area contributed by atoms with Crippen LogP contribution in [0.5, 0.6) is 0 Å². The first-order chi connectivity index (χ1) is 18.7. The predicted molar refractivity (Wildman–Crippen MR) is 153 cm³/mol. The van der Waals surface area contributed by atoms with E-state index < -0.39 is 23.4 Å². The van der Waals surface area contributed by atoms with Gasteiger partial charge in [0.15, 0.2) is 0 Å². The van der Waals surface area contributed by atoms with Crippen LogP contribution in [0, 0.1) is 22.7 Å². The first kappa shape index (κ1) is 41.4. The van der Waals surface area contributed by atoms with Gasteiger partial charge in [0.2, 0.25) is 0 Å². The Balaban J connectivity index is 0. The highest BCUT2D eigenvalue weighted by molar-refractivity contribution is 5.70. The van der Waals surface area contributed by atoms with Crippen LogP contribution in [0.4, 0.5) is 9.59 Å². The number of hydrogen-bond acceptors (Lipinski definition) is 10. The molecule has 2 rings (SSSR count). The van der Waals surface area contributed by atoms with Gasteiger partial charge < -0.3 is 29.5 Å². The largest absolute Gasteiger partial charge is 0.444 e. The summed E-state index contributed by atoms with van der Waals surface area (Å²) < 4.78 is 10.8. The van der Waals surface area contributed by atoms with Gasteiger partial charge in [-0.3, -0.25) is 0 Å². The number of carbonyl (C=O) groups is 2. The predicted octanol–water partition coefficient (Wildman–Crippen LogP) is 4.13.